The number of hydrogen-bond donors (Lipinski definition) is 0. The minimum Gasteiger partial charge on any atom is -0.490 e. The van der Waals surface area contributed by atoms with Gasteiger partial charge in [0.15, 0.2) is 0 Å². The lowest BCUT2D eigenvalue weighted by Crippen LogP contribution is -2.43. The minimum absolute atomic E-state index is 0.0906. The number of hydrogen-bond acceptors (Lipinski definition) is 5. The first kappa shape index (κ1) is 20.2. The molecule has 1 fully saturated rings. The summed E-state index contributed by atoms with van der Waals surface area (Å²) in [5.74, 6) is 1.38. The first-order valence-corrected chi connectivity index (χ1v) is 10.6. The van der Waals surface area contributed by atoms with Gasteiger partial charge in [0.2, 0.25) is 0 Å². The Bertz CT molecular complexity index is 988. The molecule has 1 aromatic carbocycles. The van der Waals surface area contributed by atoms with Gasteiger partial charge in [-0.3, -0.25) is 0 Å². The number of carbonyl (C=O) groups excluding carboxylic acids is 1. The SMILES string of the molecule is Cc1cc(-c2ccc3c(c2)CC(C2CCN(C(=O)OC(C)C)CC2)O3)cnc1C#N. The van der Waals surface area contributed by atoms with Gasteiger partial charge in [-0.1, -0.05) is 6.07 Å². The van der Waals surface area contributed by atoms with E-state index in [2.05, 4.69) is 17.1 Å². The lowest BCUT2D eigenvalue weighted by atomic mass is 9.89. The van der Waals surface area contributed by atoms with Crippen LogP contribution in [0.1, 0.15) is 43.5 Å². The highest BCUT2D eigenvalue weighted by Gasteiger charge is 2.34. The maximum absolute atomic E-state index is 12.1. The Balaban J connectivity index is 1.40. The first-order valence-electron chi connectivity index (χ1n) is 10.6. The van der Waals surface area contributed by atoms with Crippen LogP contribution in [0.4, 0.5) is 4.79 Å². The molecule has 1 amide bonds. The van der Waals surface area contributed by atoms with Crippen molar-refractivity contribution >= 4 is 6.09 Å². The summed E-state index contributed by atoms with van der Waals surface area (Å²) in [6.45, 7) is 7.09. The van der Waals surface area contributed by atoms with Gasteiger partial charge < -0.3 is 14.4 Å². The molecule has 1 atom stereocenters. The van der Waals surface area contributed by atoms with Gasteiger partial charge in [-0.15, -0.1) is 0 Å². The Kier molecular flexibility index (Phi) is 5.63. The van der Waals surface area contributed by atoms with Crippen molar-refractivity contribution in [3.05, 3.63) is 47.3 Å². The molecular weight excluding hydrogens is 378 g/mol. The molecule has 6 heteroatoms. The van der Waals surface area contributed by atoms with Crippen LogP contribution in [-0.2, 0) is 11.2 Å². The van der Waals surface area contributed by atoms with E-state index < -0.39 is 0 Å². The molecule has 1 saturated heterocycles. The van der Waals surface area contributed by atoms with Gasteiger partial charge in [0.25, 0.3) is 0 Å². The summed E-state index contributed by atoms with van der Waals surface area (Å²) in [4.78, 5) is 18.2. The molecule has 0 aliphatic carbocycles. The van der Waals surface area contributed by atoms with Crippen LogP contribution in [-0.4, -0.2) is 41.3 Å². The summed E-state index contributed by atoms with van der Waals surface area (Å²) in [6, 6.07) is 10.4. The fourth-order valence-electron chi connectivity index (χ4n) is 4.30. The maximum atomic E-state index is 12.1. The van der Waals surface area contributed by atoms with E-state index in [0.717, 1.165) is 41.7 Å². The van der Waals surface area contributed by atoms with Gasteiger partial charge in [0.05, 0.1) is 6.10 Å². The average molecular weight is 405 g/mol. The van der Waals surface area contributed by atoms with Crippen molar-refractivity contribution in [3.8, 4) is 22.9 Å². The molecule has 1 unspecified atom stereocenters. The number of carbonyl (C=O) groups is 1. The molecule has 0 bridgehead atoms. The topological polar surface area (TPSA) is 75.5 Å². The Labute approximate surface area is 177 Å². The van der Waals surface area contributed by atoms with E-state index in [1.54, 1.807) is 11.1 Å². The fourth-order valence-corrected chi connectivity index (χ4v) is 4.30. The van der Waals surface area contributed by atoms with Crippen molar-refractivity contribution < 1.29 is 14.3 Å². The summed E-state index contributed by atoms with van der Waals surface area (Å²) >= 11 is 0. The number of aromatic nitrogens is 1. The first-order chi connectivity index (χ1) is 14.4. The molecule has 1 aromatic heterocycles. The Morgan fingerprint density at radius 1 is 1.27 bits per heavy atom. The number of nitrogens with zero attached hydrogens (tertiary/aromatic N) is 3. The van der Waals surface area contributed by atoms with E-state index in [9.17, 15) is 4.79 Å². The van der Waals surface area contributed by atoms with E-state index in [1.807, 2.05) is 39.0 Å². The van der Waals surface area contributed by atoms with Crippen LogP contribution in [0.3, 0.4) is 0 Å². The van der Waals surface area contributed by atoms with Crippen LogP contribution in [0.15, 0.2) is 30.5 Å². The Hall–Kier alpha value is -3.07. The monoisotopic (exact) mass is 405 g/mol. The van der Waals surface area contributed by atoms with Crippen LogP contribution in [0.5, 0.6) is 5.75 Å². The third kappa shape index (κ3) is 4.11. The van der Waals surface area contributed by atoms with Gasteiger partial charge in [0, 0.05) is 31.3 Å². The molecule has 2 aromatic rings. The van der Waals surface area contributed by atoms with Gasteiger partial charge in [0.1, 0.15) is 23.6 Å². The van der Waals surface area contributed by atoms with Crippen molar-refractivity contribution in [1.29, 1.82) is 5.26 Å². The maximum Gasteiger partial charge on any atom is 0.410 e. The summed E-state index contributed by atoms with van der Waals surface area (Å²) in [5, 5.41) is 9.09. The number of pyridine rings is 1. The molecule has 0 spiro atoms. The van der Waals surface area contributed by atoms with Crippen molar-refractivity contribution in [1.82, 2.24) is 9.88 Å². The molecule has 0 N–H and O–H groups in total. The average Bonchev–Trinajstić information content (AvgIpc) is 3.16. The van der Waals surface area contributed by atoms with E-state index >= 15 is 0 Å². The van der Waals surface area contributed by atoms with Gasteiger partial charge >= 0.3 is 6.09 Å². The molecular formula is C24H27N3O3. The molecule has 0 radical (unpaired) electrons. The van der Waals surface area contributed by atoms with Gasteiger partial charge in [-0.2, -0.15) is 5.26 Å². The second-order valence-electron chi connectivity index (χ2n) is 8.44. The Morgan fingerprint density at radius 3 is 2.70 bits per heavy atom. The van der Waals surface area contributed by atoms with E-state index in [4.69, 9.17) is 14.7 Å². The number of fused-ring (bicyclic) bond motifs is 1. The molecule has 3 heterocycles. The lowest BCUT2D eigenvalue weighted by molar-refractivity contribution is 0.0503. The zero-order chi connectivity index (χ0) is 21.3. The molecule has 6 nitrogen and oxygen atoms in total. The molecule has 156 valence electrons. The van der Waals surface area contributed by atoms with E-state index in [0.29, 0.717) is 24.7 Å². The largest absolute Gasteiger partial charge is 0.490 e. The Morgan fingerprint density at radius 2 is 2.03 bits per heavy atom. The highest BCUT2D eigenvalue weighted by molar-refractivity contribution is 5.68. The van der Waals surface area contributed by atoms with Crippen LogP contribution < -0.4 is 4.74 Å². The molecule has 2 aliphatic rings. The van der Waals surface area contributed by atoms with Crippen LogP contribution in [0.25, 0.3) is 11.1 Å². The predicted molar refractivity (Wildman–Crippen MR) is 113 cm³/mol. The van der Waals surface area contributed by atoms with Crippen LogP contribution in [0, 0.1) is 24.2 Å². The van der Waals surface area contributed by atoms with Crippen molar-refractivity contribution in [3.63, 3.8) is 0 Å². The van der Waals surface area contributed by atoms with Crippen LogP contribution >= 0.6 is 0 Å². The fraction of sp³-hybridized carbons (Fsp3) is 0.458. The molecule has 0 saturated carbocycles. The van der Waals surface area contributed by atoms with Crippen molar-refractivity contribution in [2.75, 3.05) is 13.1 Å². The molecule has 4 rings (SSSR count). The zero-order valence-electron chi connectivity index (χ0n) is 17.7. The number of benzene rings is 1. The van der Waals surface area contributed by atoms with Crippen molar-refractivity contribution in [2.45, 2.75) is 52.2 Å². The van der Waals surface area contributed by atoms with Crippen LogP contribution in [0.2, 0.25) is 0 Å². The van der Waals surface area contributed by atoms with Gasteiger partial charge in [-0.05, 0) is 74.4 Å². The van der Waals surface area contributed by atoms with Crippen molar-refractivity contribution in [2.24, 2.45) is 5.92 Å². The van der Waals surface area contributed by atoms with E-state index in [-0.39, 0.29) is 18.3 Å². The number of likely N-dealkylation sites (tertiary alicyclic amines) is 1. The number of aryl methyl sites for hydroxylation is 1. The summed E-state index contributed by atoms with van der Waals surface area (Å²) in [7, 11) is 0. The number of piperidine rings is 1. The minimum atomic E-state index is -0.213. The number of amides is 1. The third-order valence-electron chi connectivity index (χ3n) is 5.94. The normalized spacial score (nSPS) is 18.6. The smallest absolute Gasteiger partial charge is 0.410 e. The lowest BCUT2D eigenvalue weighted by Gasteiger charge is -2.34. The standard InChI is InChI=1S/C24H27N3O3/c1-15(2)29-24(28)27-8-6-17(7-9-27)23-12-19-11-18(4-5-22(19)30-23)20-10-16(3)21(13-25)26-14-20/h4-5,10-11,14-15,17,23H,6-9,12H2,1-3H3. The number of rotatable bonds is 3. The molecule has 2 aliphatic heterocycles. The summed E-state index contributed by atoms with van der Waals surface area (Å²) in [5.41, 5.74) is 4.65. The summed E-state index contributed by atoms with van der Waals surface area (Å²) in [6.07, 6.45) is 4.34. The number of ether oxygens (including phenoxy) is 2. The predicted octanol–water partition coefficient (Wildman–Crippen LogP) is 4.49. The highest BCUT2D eigenvalue weighted by Crippen LogP contribution is 2.37. The summed E-state index contributed by atoms with van der Waals surface area (Å²) < 4.78 is 11.6. The second-order valence-corrected chi connectivity index (χ2v) is 8.44. The third-order valence-corrected chi connectivity index (χ3v) is 5.94. The number of nitriles is 1. The highest BCUT2D eigenvalue weighted by atomic mass is 16.6. The second kappa shape index (κ2) is 8.35. The van der Waals surface area contributed by atoms with Gasteiger partial charge in [-0.25, -0.2) is 9.78 Å². The quantitative estimate of drug-likeness (QED) is 0.752. The zero-order valence-corrected chi connectivity index (χ0v) is 17.7. The van der Waals surface area contributed by atoms with E-state index in [1.165, 1.54) is 5.56 Å². The molecule has 30 heavy (non-hydrogen) atoms.